The summed E-state index contributed by atoms with van der Waals surface area (Å²) in [4.78, 5) is 31.8. The van der Waals surface area contributed by atoms with E-state index in [0.717, 1.165) is 117 Å². The lowest BCUT2D eigenvalue weighted by Gasteiger charge is -2.30. The second-order valence-electron chi connectivity index (χ2n) is 43.0. The van der Waals surface area contributed by atoms with Gasteiger partial charge in [-0.25, -0.2) is 13.4 Å². The highest BCUT2D eigenvalue weighted by molar-refractivity contribution is 7.98. The monoisotopic (exact) mass is 1980 g/mol. The Bertz CT molecular complexity index is 6090. The molecule has 37 nitrogen and oxygen atoms in total. The van der Waals surface area contributed by atoms with Gasteiger partial charge >= 0.3 is 0 Å². The van der Waals surface area contributed by atoms with Crippen LogP contribution in [0.25, 0.3) is 28.8 Å². The second-order valence-corrected chi connectivity index (χ2v) is 49.1. The fourth-order valence-corrected chi connectivity index (χ4v) is 15.8. The average Bonchev–Trinajstić information content (AvgIpc) is 1.64. The van der Waals surface area contributed by atoms with Gasteiger partial charge in [0.25, 0.3) is 21.9 Å². The van der Waals surface area contributed by atoms with E-state index >= 15 is 0 Å². The highest BCUT2D eigenvalue weighted by atomic mass is 32.2. The van der Waals surface area contributed by atoms with E-state index in [1.165, 1.54) is 31.9 Å². The Kier molecular flexibility index (Phi) is 38.3. The summed E-state index contributed by atoms with van der Waals surface area (Å²) >= 11 is 1.70. The molecule has 0 amide bonds. The Morgan fingerprint density at radius 2 is 1.01 bits per heavy atom. The molecule has 40 heteroatoms. The Labute approximate surface area is 827 Å². The Hall–Kier alpha value is -11.3. The van der Waals surface area contributed by atoms with Crippen molar-refractivity contribution >= 4 is 34.2 Å². The summed E-state index contributed by atoms with van der Waals surface area (Å²) in [7, 11) is -5.91. The van der Waals surface area contributed by atoms with Crippen molar-refractivity contribution < 1.29 is 53.6 Å². The van der Waals surface area contributed by atoms with Crippen molar-refractivity contribution in [3.63, 3.8) is 0 Å². The first-order valence-corrected chi connectivity index (χ1v) is 52.3. The van der Waals surface area contributed by atoms with Crippen molar-refractivity contribution in [2.24, 2.45) is 5.73 Å². The van der Waals surface area contributed by atoms with Gasteiger partial charge in [0.05, 0.1) is 37.8 Å². The highest BCUT2D eigenvalue weighted by Gasteiger charge is 2.34. The molecule has 758 valence electrons. The fourth-order valence-electron chi connectivity index (χ4n) is 12.8. The van der Waals surface area contributed by atoms with E-state index in [-0.39, 0.29) is 60.3 Å². The number of sulfonamides is 1. The number of thioether (sulfide) groups is 1. The summed E-state index contributed by atoms with van der Waals surface area (Å²) in [6.45, 7) is 63.7. The summed E-state index contributed by atoms with van der Waals surface area (Å²) in [6.07, 6.45) is 10.2. The lowest BCUT2D eigenvalue weighted by molar-refractivity contribution is 0.0729. The van der Waals surface area contributed by atoms with Crippen LogP contribution in [-0.4, -0.2) is 208 Å². The van der Waals surface area contributed by atoms with E-state index in [1.807, 2.05) is 145 Å². The molecule has 3 aliphatic rings. The third-order valence-electron chi connectivity index (χ3n) is 21.4. The van der Waals surface area contributed by atoms with Crippen LogP contribution < -0.4 is 16.4 Å². The van der Waals surface area contributed by atoms with E-state index in [1.54, 1.807) is 36.0 Å². The first-order chi connectivity index (χ1) is 65.6. The van der Waals surface area contributed by atoms with Gasteiger partial charge in [-0.1, -0.05) is 272 Å². The molecule has 3 saturated heterocycles. The minimum atomic E-state index is -3.64. The van der Waals surface area contributed by atoms with Crippen LogP contribution in [0.15, 0.2) is 192 Å². The van der Waals surface area contributed by atoms with Crippen molar-refractivity contribution in [2.75, 3.05) is 78.9 Å². The van der Waals surface area contributed by atoms with Crippen molar-refractivity contribution in [2.45, 2.75) is 283 Å². The van der Waals surface area contributed by atoms with E-state index in [9.17, 15) is 13.0 Å². The van der Waals surface area contributed by atoms with Gasteiger partial charge in [0.1, 0.15) is 20.0 Å². The zero-order valence-corrected chi connectivity index (χ0v) is 89.1. The Morgan fingerprint density at radius 1 is 0.493 bits per heavy atom. The number of rotatable bonds is 18. The van der Waals surface area contributed by atoms with Gasteiger partial charge in [0.2, 0.25) is 64.7 Å². The molecule has 17 rings (SSSR count). The first-order valence-electron chi connectivity index (χ1n) is 47.3. The number of nitrogens with two attached hydrogens (primary N) is 1. The van der Waals surface area contributed by atoms with Gasteiger partial charge < -0.3 is 56.2 Å². The number of morpholine rings is 1. The third kappa shape index (κ3) is 34.6. The quantitative estimate of drug-likeness (QED) is 0.0595. The Morgan fingerprint density at radius 3 is 1.54 bits per heavy atom. The lowest BCUT2D eigenvalue weighted by atomic mass is 9.96. The molecule has 14 aromatic rings. The van der Waals surface area contributed by atoms with Crippen LogP contribution in [0.3, 0.4) is 0 Å². The maximum Gasteiger partial charge on any atom is 0.275 e. The van der Waals surface area contributed by atoms with Crippen molar-refractivity contribution in [1.29, 1.82) is 0 Å². The summed E-state index contributed by atoms with van der Waals surface area (Å²) in [5.41, 5.74) is 8.08. The van der Waals surface area contributed by atoms with E-state index in [0.29, 0.717) is 103 Å². The number of nitrogens with one attached hydrogen (secondary N) is 1. The van der Waals surface area contributed by atoms with E-state index in [4.69, 9.17) is 46.3 Å². The van der Waals surface area contributed by atoms with Crippen molar-refractivity contribution in [3.8, 4) is 28.8 Å². The summed E-state index contributed by atoms with van der Waals surface area (Å²) in [6, 6.07) is 40.3. The zero-order chi connectivity index (χ0) is 102. The van der Waals surface area contributed by atoms with Gasteiger partial charge in [0, 0.05) is 142 Å². The number of likely N-dealkylation sites (tertiary alicyclic amines) is 1. The summed E-state index contributed by atoms with van der Waals surface area (Å²) in [5.74, 6) is 11.0. The minimum Gasteiger partial charge on any atom is -0.425 e. The number of ether oxygens (including phenoxy) is 1. The predicted octanol–water partition coefficient (Wildman–Crippen LogP) is 17.9. The van der Waals surface area contributed by atoms with E-state index < -0.39 is 17.2 Å². The van der Waals surface area contributed by atoms with Gasteiger partial charge in [-0.05, 0) is 86.6 Å². The number of aromatic nitrogens is 20. The smallest absolute Gasteiger partial charge is 0.275 e. The molecular formula is C100H144N25O12PS2. The first kappa shape index (κ1) is 111. The largest absolute Gasteiger partial charge is 0.425 e. The molecule has 3 aliphatic heterocycles. The predicted molar refractivity (Wildman–Crippen MR) is 537 cm³/mol. The molecule has 4 aromatic carbocycles. The molecule has 0 aliphatic carbocycles. The number of hydrogen-bond donors (Lipinski definition) is 2. The normalized spacial score (nSPS) is 14.9. The summed E-state index contributed by atoms with van der Waals surface area (Å²) < 4.78 is 90.1. The van der Waals surface area contributed by atoms with Crippen LogP contribution in [-0.2, 0) is 94.3 Å². The molecule has 0 spiro atoms. The maximum absolute atomic E-state index is 12.5. The number of piperazine rings is 1. The number of piperidine rings is 1. The molecule has 10 aromatic heterocycles. The van der Waals surface area contributed by atoms with Gasteiger partial charge in [-0.3, -0.25) is 19.0 Å². The molecule has 1 atom stereocenters. The number of aryl methyl sites for hydroxylation is 2. The number of imidazole rings is 1. The van der Waals surface area contributed by atoms with Crippen LogP contribution in [0.1, 0.15) is 274 Å². The molecule has 3 fully saturated rings. The topological polar surface area (TPSA) is 455 Å². The standard InChI is InChI=1S/C14H19N2O2P.C14H18N2O.C13H19N5O4S.C13H16N2OS.2C12H22N4O.C12H14N2O.C10H14N4O/c1-14(2,3)13-15-12(16-18-13)10-7-6-8-11(9-10)19(4,5)17;1-14(2,3)13-16-15-12(17-13)10-9-11-7-5-4-6-8-11;1-13(2,3)11-15-12(16-22-11)17-8-10(14-9-17)23(19,20)18-4-6-21-7-5-18;1-13(2,3)12-15-14-11(16-12)9-17-10-7-5-4-6-8-10;1-9(16-7-5-13-6-8-16)10-14-11(15-17-10)12(2,3)4;1-12(2,3)11-15-14-10(17-11)8-16-6-4-9(13)5-7-16;1-12(2,3)11-13-10(15-14-11)9-7-5-4-6-8-9;1-10(2,3)9-12-8(15-13-9)7-14-6-4-5-11-14/h6-9H,1-5H3;4-8H,9-10H2,1-3H3;8-9H,4-7H2,1-3H3;4-8H,9H2,1-3H3;9,13H,5-8H2,1-4H3;9H,4-8,13H2,1-3H3;4-8H,1-3H3;4-6H,7H2,1-3H3. The summed E-state index contributed by atoms with van der Waals surface area (Å²) in [5, 5.41) is 52.6. The van der Waals surface area contributed by atoms with Gasteiger partial charge in [0.15, 0.2) is 22.5 Å². The third-order valence-corrected chi connectivity index (χ3v) is 25.7. The molecule has 140 heavy (non-hydrogen) atoms. The van der Waals surface area contributed by atoms with Crippen molar-refractivity contribution in [3.05, 3.63) is 228 Å². The minimum absolute atomic E-state index is 0.0403. The van der Waals surface area contributed by atoms with Crippen LogP contribution in [0.5, 0.6) is 0 Å². The van der Waals surface area contributed by atoms with Crippen molar-refractivity contribution in [1.82, 2.24) is 120 Å². The van der Waals surface area contributed by atoms with Crippen LogP contribution in [0.4, 0.5) is 0 Å². The van der Waals surface area contributed by atoms with E-state index in [2.05, 4.69) is 262 Å². The van der Waals surface area contributed by atoms with Gasteiger partial charge in [-0.15, -0.1) is 42.4 Å². The van der Waals surface area contributed by atoms with Crippen LogP contribution in [0, 0.1) is 0 Å². The molecular weight excluding hydrogens is 1840 g/mol. The molecule has 0 radical (unpaired) electrons. The second kappa shape index (κ2) is 48.5. The molecule has 1 unspecified atom stereocenters. The lowest BCUT2D eigenvalue weighted by Crippen LogP contribution is -2.44. The zero-order valence-electron chi connectivity index (χ0n) is 86.6. The Balaban J connectivity index is 0.000000165. The molecule has 3 N–H and O–H groups in total. The fraction of sp³-hybridized carbons (Fsp3) is 0.540. The van der Waals surface area contributed by atoms with Gasteiger partial charge in [-0.2, -0.15) is 34.3 Å². The number of hydrogen-bond acceptors (Lipinski definition) is 35. The molecule has 0 bridgehead atoms. The van der Waals surface area contributed by atoms with Crippen LogP contribution >= 0.6 is 18.9 Å². The maximum atomic E-state index is 12.5. The molecule has 0 saturated carbocycles. The molecule has 13 heterocycles. The number of nitrogens with zero attached hydrogens (tertiary/aromatic N) is 23. The highest BCUT2D eigenvalue weighted by Crippen LogP contribution is 2.37. The SMILES string of the molecule is CC(C)(C)c1nc(-c2cccc(P(C)(C)=O)c2)no1.CC(C)(C)c1nc(-n2cnc(S(=O)(=O)N3CCOCC3)c2)no1.CC(C)(C)c1nnc(CCc2ccccc2)o1.CC(C)(C)c1nnc(CN2CCC(N)CC2)o1.CC(C)(C)c1nnc(CSc2ccccc2)o1.CC(C)(C)c1noc(-c2ccccc2)n1.CC(C)(C)c1noc(Cn2cccn2)n1.CC(c1nc(C(C)(C)C)no1)N1CCNCC1. The van der Waals surface area contributed by atoms with Crippen LogP contribution in [0.2, 0.25) is 0 Å². The number of benzene rings is 4. The average molecular weight is 1980 g/mol.